The van der Waals surface area contributed by atoms with Crippen LogP contribution in [0.3, 0.4) is 0 Å². The van der Waals surface area contributed by atoms with Gasteiger partial charge in [0.15, 0.2) is 0 Å². The van der Waals surface area contributed by atoms with Crippen molar-refractivity contribution in [3.05, 3.63) is 28.3 Å². The molecule has 0 saturated heterocycles. The zero-order valence-electron chi connectivity index (χ0n) is 11.9. The maximum Gasteiger partial charge on any atom is 0.270 e. The van der Waals surface area contributed by atoms with Crippen molar-refractivity contribution >= 4 is 21.4 Å². The van der Waals surface area contributed by atoms with Gasteiger partial charge in [0.25, 0.3) is 5.69 Å². The summed E-state index contributed by atoms with van der Waals surface area (Å²) in [5.41, 5.74) is 0.00818. The second-order valence-electron chi connectivity index (χ2n) is 4.26. The lowest BCUT2D eigenvalue weighted by Crippen LogP contribution is -2.32. The van der Waals surface area contributed by atoms with Crippen LogP contribution in [0.1, 0.15) is 13.3 Å². The normalized spacial score (nSPS) is 11.6. The van der Waals surface area contributed by atoms with Gasteiger partial charge in [-0.1, -0.05) is 6.92 Å². The van der Waals surface area contributed by atoms with E-state index in [4.69, 9.17) is 5.11 Å². The zero-order chi connectivity index (χ0) is 16.0. The summed E-state index contributed by atoms with van der Waals surface area (Å²) in [6.07, 6.45) is 0.302. The van der Waals surface area contributed by atoms with Gasteiger partial charge in [0.1, 0.15) is 4.90 Å². The fourth-order valence-corrected chi connectivity index (χ4v) is 3.58. The molecule has 1 aromatic rings. The summed E-state index contributed by atoms with van der Waals surface area (Å²) >= 11 is 0. The largest absolute Gasteiger partial charge is 0.396 e. The first-order chi connectivity index (χ1) is 9.88. The number of nitrogens with one attached hydrogen (secondary N) is 1. The molecule has 8 nitrogen and oxygen atoms in total. The average molecular weight is 317 g/mol. The van der Waals surface area contributed by atoms with Crippen molar-refractivity contribution in [2.75, 3.05) is 32.1 Å². The van der Waals surface area contributed by atoms with Gasteiger partial charge >= 0.3 is 0 Å². The van der Waals surface area contributed by atoms with Crippen LogP contribution in [0.15, 0.2) is 23.1 Å². The number of nitro benzene ring substituents is 1. The minimum Gasteiger partial charge on any atom is -0.396 e. The third kappa shape index (κ3) is 3.90. The van der Waals surface area contributed by atoms with E-state index in [1.807, 2.05) is 0 Å². The number of hydrogen-bond donors (Lipinski definition) is 2. The molecule has 0 atom stereocenters. The van der Waals surface area contributed by atoms with Crippen LogP contribution in [0, 0.1) is 10.1 Å². The summed E-state index contributed by atoms with van der Waals surface area (Å²) in [5.74, 6) is 0. The van der Waals surface area contributed by atoms with E-state index in [9.17, 15) is 18.5 Å². The van der Waals surface area contributed by atoms with Crippen molar-refractivity contribution in [1.29, 1.82) is 0 Å². The van der Waals surface area contributed by atoms with Crippen molar-refractivity contribution in [3.63, 3.8) is 0 Å². The molecule has 0 bridgehead atoms. The third-order valence-electron chi connectivity index (χ3n) is 2.98. The number of sulfonamides is 1. The van der Waals surface area contributed by atoms with E-state index in [2.05, 4.69) is 5.32 Å². The molecule has 9 heteroatoms. The Labute approximate surface area is 123 Å². The molecule has 0 aliphatic carbocycles. The highest BCUT2D eigenvalue weighted by Gasteiger charge is 2.27. The third-order valence-corrected chi connectivity index (χ3v) is 5.00. The molecule has 0 saturated carbocycles. The Morgan fingerprint density at radius 3 is 2.57 bits per heavy atom. The number of non-ortho nitro benzene ring substituents is 1. The molecule has 0 fully saturated rings. The van der Waals surface area contributed by atoms with E-state index < -0.39 is 14.9 Å². The van der Waals surface area contributed by atoms with E-state index in [1.165, 1.54) is 16.4 Å². The van der Waals surface area contributed by atoms with Gasteiger partial charge < -0.3 is 10.4 Å². The Morgan fingerprint density at radius 2 is 2.10 bits per heavy atom. The van der Waals surface area contributed by atoms with Crippen LogP contribution in [0.5, 0.6) is 0 Å². The van der Waals surface area contributed by atoms with Crippen molar-refractivity contribution < 1.29 is 18.4 Å². The molecule has 0 unspecified atom stereocenters. The summed E-state index contributed by atoms with van der Waals surface area (Å²) in [7, 11) is -2.32. The van der Waals surface area contributed by atoms with Crippen molar-refractivity contribution in [3.8, 4) is 0 Å². The Morgan fingerprint density at radius 1 is 1.43 bits per heavy atom. The van der Waals surface area contributed by atoms with Gasteiger partial charge in [-0.2, -0.15) is 4.31 Å². The number of benzene rings is 1. The highest BCUT2D eigenvalue weighted by atomic mass is 32.2. The van der Waals surface area contributed by atoms with E-state index in [-0.39, 0.29) is 30.3 Å². The highest BCUT2D eigenvalue weighted by Crippen LogP contribution is 2.28. The van der Waals surface area contributed by atoms with Gasteiger partial charge in [-0.3, -0.25) is 10.1 Å². The summed E-state index contributed by atoms with van der Waals surface area (Å²) in [5, 5.41) is 22.4. The standard InChI is InChI=1S/C12H19N3O5S/c1-3-14(7-4-8-16)21(19,20)12-9-10(15(17)18)5-6-11(12)13-2/h5-6,9,13,16H,3-4,7-8H2,1-2H3. The lowest BCUT2D eigenvalue weighted by atomic mass is 10.3. The quantitative estimate of drug-likeness (QED) is 0.547. The zero-order valence-corrected chi connectivity index (χ0v) is 12.8. The van der Waals surface area contributed by atoms with Crippen LogP contribution in [-0.2, 0) is 10.0 Å². The minimum atomic E-state index is -3.87. The Bertz CT molecular complexity index is 603. The molecular weight excluding hydrogens is 298 g/mol. The monoisotopic (exact) mass is 317 g/mol. The van der Waals surface area contributed by atoms with Gasteiger partial charge in [0.05, 0.1) is 10.6 Å². The number of hydrogen-bond acceptors (Lipinski definition) is 6. The number of nitro groups is 1. The molecular formula is C12H19N3O5S. The van der Waals surface area contributed by atoms with Crippen LogP contribution in [0.25, 0.3) is 0 Å². The summed E-state index contributed by atoms with van der Waals surface area (Å²) in [6, 6.07) is 3.66. The number of rotatable bonds is 8. The van der Waals surface area contributed by atoms with Gasteiger partial charge in [0, 0.05) is 38.9 Å². The highest BCUT2D eigenvalue weighted by molar-refractivity contribution is 7.89. The van der Waals surface area contributed by atoms with Crippen LogP contribution < -0.4 is 5.32 Å². The summed E-state index contributed by atoms with van der Waals surface area (Å²) < 4.78 is 26.4. The van der Waals surface area contributed by atoms with Gasteiger partial charge in [0.2, 0.25) is 10.0 Å². The SMILES string of the molecule is CCN(CCCO)S(=O)(=O)c1cc([N+](=O)[O-])ccc1NC. The maximum atomic E-state index is 12.6. The topological polar surface area (TPSA) is 113 Å². The molecule has 1 rings (SSSR count). The molecule has 21 heavy (non-hydrogen) atoms. The van der Waals surface area contributed by atoms with Crippen LogP contribution >= 0.6 is 0 Å². The molecule has 0 spiro atoms. The van der Waals surface area contributed by atoms with Crippen molar-refractivity contribution in [2.45, 2.75) is 18.2 Å². The van der Waals surface area contributed by atoms with Crippen molar-refractivity contribution in [1.82, 2.24) is 4.31 Å². The van der Waals surface area contributed by atoms with Crippen LogP contribution in [0.2, 0.25) is 0 Å². The second-order valence-corrected chi connectivity index (χ2v) is 6.17. The summed E-state index contributed by atoms with van der Waals surface area (Å²) in [6.45, 7) is 1.92. The lowest BCUT2D eigenvalue weighted by Gasteiger charge is -2.21. The van der Waals surface area contributed by atoms with E-state index >= 15 is 0 Å². The van der Waals surface area contributed by atoms with Crippen LogP contribution in [0.4, 0.5) is 11.4 Å². The minimum absolute atomic E-state index is 0.125. The molecule has 0 amide bonds. The Kier molecular flexibility index (Phi) is 6.06. The lowest BCUT2D eigenvalue weighted by molar-refractivity contribution is -0.385. The molecule has 0 radical (unpaired) electrons. The van der Waals surface area contributed by atoms with Gasteiger partial charge in [-0.15, -0.1) is 0 Å². The number of aliphatic hydroxyl groups excluding tert-OH is 1. The van der Waals surface area contributed by atoms with Gasteiger partial charge in [-0.25, -0.2) is 8.42 Å². The second kappa shape index (κ2) is 7.34. The van der Waals surface area contributed by atoms with Crippen molar-refractivity contribution in [2.24, 2.45) is 0 Å². The predicted octanol–water partition coefficient (Wildman–Crippen LogP) is 1.03. The predicted molar refractivity (Wildman–Crippen MR) is 78.8 cm³/mol. The number of aliphatic hydroxyl groups is 1. The summed E-state index contributed by atoms with van der Waals surface area (Å²) in [4.78, 5) is 10.1. The molecule has 118 valence electrons. The Balaban J connectivity index is 3.33. The molecule has 1 aromatic carbocycles. The molecule has 0 heterocycles. The number of nitrogens with zero attached hydrogens (tertiary/aromatic N) is 2. The van der Waals surface area contributed by atoms with Crippen LogP contribution in [-0.4, -0.2) is 49.5 Å². The Hall–Kier alpha value is -1.71. The molecule has 0 aromatic heterocycles. The molecule has 2 N–H and O–H groups in total. The number of anilines is 1. The van der Waals surface area contributed by atoms with Gasteiger partial charge in [-0.05, 0) is 12.5 Å². The first kappa shape index (κ1) is 17.3. The first-order valence-electron chi connectivity index (χ1n) is 6.45. The molecule has 0 aliphatic rings. The fraction of sp³-hybridized carbons (Fsp3) is 0.500. The fourth-order valence-electron chi connectivity index (χ4n) is 1.88. The first-order valence-corrected chi connectivity index (χ1v) is 7.89. The van der Waals surface area contributed by atoms with E-state index in [0.29, 0.717) is 12.1 Å². The molecule has 0 aliphatic heterocycles. The average Bonchev–Trinajstić information content (AvgIpc) is 2.47. The van der Waals surface area contributed by atoms with E-state index in [1.54, 1.807) is 14.0 Å². The van der Waals surface area contributed by atoms with E-state index in [0.717, 1.165) is 6.07 Å². The smallest absolute Gasteiger partial charge is 0.270 e. The maximum absolute atomic E-state index is 12.6.